The molecule has 2 aromatic rings. The van der Waals surface area contributed by atoms with Crippen molar-refractivity contribution in [3.8, 4) is 5.75 Å². The molecule has 0 aliphatic heterocycles. The van der Waals surface area contributed by atoms with E-state index in [-0.39, 0.29) is 5.75 Å². The zero-order valence-electron chi connectivity index (χ0n) is 13.0. The zero-order chi connectivity index (χ0) is 16.6. The summed E-state index contributed by atoms with van der Waals surface area (Å²) in [5.41, 5.74) is 6.80. The van der Waals surface area contributed by atoms with Crippen molar-refractivity contribution in [1.82, 2.24) is 0 Å². The lowest BCUT2D eigenvalue weighted by Crippen LogP contribution is -2.17. The first-order chi connectivity index (χ1) is 9.87. The van der Waals surface area contributed by atoms with Gasteiger partial charge in [-0.1, -0.05) is 39.8 Å². The van der Waals surface area contributed by atoms with Gasteiger partial charge in [-0.25, -0.2) is 0 Å². The quantitative estimate of drug-likeness (QED) is 0.687. The molecule has 2 aromatic carbocycles. The molecule has 0 fully saturated rings. The number of anilines is 1. The molecule has 0 atom stereocenters. The van der Waals surface area contributed by atoms with Gasteiger partial charge in [0.25, 0.3) is 0 Å². The summed E-state index contributed by atoms with van der Waals surface area (Å²) < 4.78 is 40.7. The van der Waals surface area contributed by atoms with Gasteiger partial charge in [0, 0.05) is 11.1 Å². The molecule has 2 N–H and O–H groups in total. The van der Waals surface area contributed by atoms with Crippen LogP contribution in [0.4, 0.5) is 18.9 Å². The summed E-state index contributed by atoms with van der Waals surface area (Å²) in [6.07, 6.45) is -4.69. The summed E-state index contributed by atoms with van der Waals surface area (Å²) >= 11 is 0. The van der Waals surface area contributed by atoms with Crippen LogP contribution in [0.2, 0.25) is 0 Å². The van der Waals surface area contributed by atoms with Gasteiger partial charge in [0.05, 0.1) is 0 Å². The van der Waals surface area contributed by atoms with E-state index >= 15 is 0 Å². The third kappa shape index (κ3) is 5.53. The Labute approximate surface area is 123 Å². The number of rotatable bonds is 1. The Morgan fingerprint density at radius 3 is 2.10 bits per heavy atom. The van der Waals surface area contributed by atoms with Gasteiger partial charge in [0.1, 0.15) is 5.75 Å². The number of aryl methyl sites for hydroxylation is 1. The second kappa shape index (κ2) is 8.39. The minimum Gasteiger partial charge on any atom is -0.405 e. The van der Waals surface area contributed by atoms with E-state index in [9.17, 15) is 13.2 Å². The topological polar surface area (TPSA) is 35.2 Å². The van der Waals surface area contributed by atoms with Crippen LogP contribution < -0.4 is 10.5 Å². The van der Waals surface area contributed by atoms with E-state index in [2.05, 4.69) is 4.74 Å². The van der Waals surface area contributed by atoms with Gasteiger partial charge in [0.15, 0.2) is 0 Å². The Hall–Kier alpha value is -1.91. The fraction of sp³-hybridized carbons (Fsp3) is 0.375. The van der Waals surface area contributed by atoms with Crippen molar-refractivity contribution in [2.45, 2.75) is 41.0 Å². The highest BCUT2D eigenvalue weighted by Crippen LogP contribution is 2.33. The van der Waals surface area contributed by atoms with Crippen LogP contribution in [0.15, 0.2) is 30.3 Å². The van der Waals surface area contributed by atoms with Gasteiger partial charge in [-0.15, -0.1) is 13.2 Å². The highest BCUT2D eigenvalue weighted by Gasteiger charge is 2.31. The van der Waals surface area contributed by atoms with E-state index in [4.69, 9.17) is 5.73 Å². The summed E-state index contributed by atoms with van der Waals surface area (Å²) in [7, 11) is 0. The molecule has 0 radical (unpaired) electrons. The number of nitrogen functional groups attached to an aromatic ring is 1. The molecule has 0 bridgehead atoms. The SMILES string of the molecule is CC.CC.Cc1cc(N)cc2cccc(OC(F)(F)F)c12. The Morgan fingerprint density at radius 2 is 1.57 bits per heavy atom. The third-order valence-electron chi connectivity index (χ3n) is 2.38. The first-order valence-electron chi connectivity index (χ1n) is 6.91. The number of benzene rings is 2. The highest BCUT2D eigenvalue weighted by molar-refractivity contribution is 5.93. The lowest BCUT2D eigenvalue weighted by Gasteiger charge is -2.13. The molecule has 2 nitrogen and oxygen atoms in total. The summed E-state index contributed by atoms with van der Waals surface area (Å²) in [5.74, 6) is -0.201. The number of hydrogen-bond acceptors (Lipinski definition) is 2. The molecule has 2 rings (SSSR count). The Morgan fingerprint density at radius 1 is 1.00 bits per heavy atom. The molecular weight excluding hydrogens is 279 g/mol. The normalized spacial score (nSPS) is 10.1. The van der Waals surface area contributed by atoms with Gasteiger partial charge in [-0.2, -0.15) is 0 Å². The predicted molar refractivity (Wildman–Crippen MR) is 82.5 cm³/mol. The van der Waals surface area contributed by atoms with Crippen molar-refractivity contribution >= 4 is 16.5 Å². The average Bonchev–Trinajstić information content (AvgIpc) is 2.41. The predicted octanol–water partition coefficient (Wildman–Crippen LogP) is 5.68. The van der Waals surface area contributed by atoms with Crippen molar-refractivity contribution < 1.29 is 17.9 Å². The van der Waals surface area contributed by atoms with Crippen molar-refractivity contribution in [1.29, 1.82) is 0 Å². The Kier molecular flexibility index (Phi) is 7.63. The molecule has 21 heavy (non-hydrogen) atoms. The van der Waals surface area contributed by atoms with E-state index in [0.717, 1.165) is 0 Å². The average molecular weight is 301 g/mol. The second-order valence-corrected chi connectivity index (χ2v) is 3.74. The first-order valence-corrected chi connectivity index (χ1v) is 6.91. The van der Waals surface area contributed by atoms with Crippen molar-refractivity contribution in [2.24, 2.45) is 0 Å². The smallest absolute Gasteiger partial charge is 0.405 e. The maximum absolute atomic E-state index is 12.2. The molecule has 0 unspecified atom stereocenters. The fourth-order valence-electron chi connectivity index (χ4n) is 1.84. The molecule has 0 heterocycles. The minimum absolute atomic E-state index is 0.201. The highest BCUT2D eigenvalue weighted by atomic mass is 19.4. The van der Waals surface area contributed by atoms with Crippen LogP contribution >= 0.6 is 0 Å². The molecule has 0 amide bonds. The number of alkyl halides is 3. The van der Waals surface area contributed by atoms with Crippen LogP contribution in [-0.4, -0.2) is 6.36 Å². The van der Waals surface area contributed by atoms with E-state index in [1.54, 1.807) is 25.1 Å². The van der Waals surface area contributed by atoms with Gasteiger partial charge < -0.3 is 10.5 Å². The number of ether oxygens (including phenoxy) is 1. The van der Waals surface area contributed by atoms with Crippen molar-refractivity contribution in [3.05, 3.63) is 35.9 Å². The Balaban J connectivity index is 0.000000921. The van der Waals surface area contributed by atoms with Gasteiger partial charge in [0.2, 0.25) is 0 Å². The lowest BCUT2D eigenvalue weighted by atomic mass is 10.0. The lowest BCUT2D eigenvalue weighted by molar-refractivity contribution is -0.274. The number of hydrogen-bond donors (Lipinski definition) is 1. The van der Waals surface area contributed by atoms with Crippen LogP contribution in [0, 0.1) is 6.92 Å². The largest absolute Gasteiger partial charge is 0.573 e. The molecule has 0 saturated heterocycles. The second-order valence-electron chi connectivity index (χ2n) is 3.74. The minimum atomic E-state index is -4.69. The van der Waals surface area contributed by atoms with Gasteiger partial charge >= 0.3 is 6.36 Å². The molecular formula is C16H22F3NO. The van der Waals surface area contributed by atoms with E-state index in [1.165, 1.54) is 12.1 Å². The summed E-state index contributed by atoms with van der Waals surface area (Å²) in [6.45, 7) is 9.70. The van der Waals surface area contributed by atoms with Crippen LogP contribution in [0.5, 0.6) is 5.75 Å². The summed E-state index contributed by atoms with van der Waals surface area (Å²) in [5, 5.41) is 1.06. The first kappa shape index (κ1) is 19.1. The molecule has 0 aromatic heterocycles. The van der Waals surface area contributed by atoms with Crippen molar-refractivity contribution in [2.75, 3.05) is 5.73 Å². The maximum atomic E-state index is 12.2. The molecule has 5 heteroatoms. The summed E-state index contributed by atoms with van der Waals surface area (Å²) in [6, 6.07) is 7.72. The third-order valence-corrected chi connectivity index (χ3v) is 2.38. The molecule has 0 aliphatic rings. The van der Waals surface area contributed by atoms with E-state index in [1.807, 2.05) is 27.7 Å². The number of halogens is 3. The summed E-state index contributed by atoms with van der Waals surface area (Å²) in [4.78, 5) is 0. The fourth-order valence-corrected chi connectivity index (χ4v) is 1.84. The zero-order valence-corrected chi connectivity index (χ0v) is 13.0. The van der Waals surface area contributed by atoms with Crippen molar-refractivity contribution in [3.63, 3.8) is 0 Å². The molecule has 0 saturated carbocycles. The van der Waals surface area contributed by atoms with Gasteiger partial charge in [-0.3, -0.25) is 0 Å². The Bertz CT molecular complexity index is 565. The molecule has 118 valence electrons. The maximum Gasteiger partial charge on any atom is 0.573 e. The van der Waals surface area contributed by atoms with Crippen LogP contribution in [0.3, 0.4) is 0 Å². The van der Waals surface area contributed by atoms with E-state index in [0.29, 0.717) is 22.0 Å². The number of fused-ring (bicyclic) bond motifs is 1. The molecule has 0 aliphatic carbocycles. The molecule has 0 spiro atoms. The van der Waals surface area contributed by atoms with Gasteiger partial charge in [-0.05, 0) is 36.1 Å². The standard InChI is InChI=1S/C12H10F3NO.2C2H6/c1-7-5-9(16)6-8-3-2-4-10(11(7)8)17-12(13,14)15;2*1-2/h2-6H,16H2,1H3;2*1-2H3. The van der Waals surface area contributed by atoms with Crippen LogP contribution in [-0.2, 0) is 0 Å². The number of nitrogens with two attached hydrogens (primary N) is 1. The van der Waals surface area contributed by atoms with Crippen LogP contribution in [0.1, 0.15) is 33.3 Å². The van der Waals surface area contributed by atoms with E-state index < -0.39 is 6.36 Å². The van der Waals surface area contributed by atoms with Crippen LogP contribution in [0.25, 0.3) is 10.8 Å². The monoisotopic (exact) mass is 301 g/mol.